The Morgan fingerprint density at radius 2 is 1.95 bits per heavy atom. The molecule has 0 fully saturated rings. The van der Waals surface area contributed by atoms with Gasteiger partial charge in [0, 0.05) is 10.4 Å². The van der Waals surface area contributed by atoms with Crippen molar-refractivity contribution in [2.45, 2.75) is 26.2 Å². The normalized spacial score (nSPS) is 12.2. The van der Waals surface area contributed by atoms with Gasteiger partial charge < -0.3 is 10.5 Å². The fraction of sp³-hybridized carbons (Fsp3) is 0.333. The van der Waals surface area contributed by atoms with E-state index in [1.54, 1.807) is 0 Å². The fourth-order valence-corrected chi connectivity index (χ4v) is 2.97. The van der Waals surface area contributed by atoms with Gasteiger partial charge in [0.15, 0.2) is 0 Å². The molecule has 2 rings (SSSR count). The average Bonchev–Trinajstić information content (AvgIpc) is 2.49. The smallest absolute Gasteiger partial charge is 0.122 e. The molecule has 0 saturated carbocycles. The summed E-state index contributed by atoms with van der Waals surface area (Å²) in [6.45, 7) is 5.38. The zero-order valence-corrected chi connectivity index (χ0v) is 14.2. The molecule has 1 unspecified atom stereocenters. The molecule has 0 aromatic heterocycles. The van der Waals surface area contributed by atoms with Crippen molar-refractivity contribution in [1.29, 1.82) is 0 Å². The Hall–Kier alpha value is -1.32. The Balaban J connectivity index is 2.33. The van der Waals surface area contributed by atoms with Gasteiger partial charge in [0.25, 0.3) is 0 Å². The van der Waals surface area contributed by atoms with E-state index in [-0.39, 0.29) is 5.92 Å². The Bertz CT molecular complexity index is 598. The van der Waals surface area contributed by atoms with Gasteiger partial charge in [0.05, 0.1) is 6.61 Å². The quantitative estimate of drug-likeness (QED) is 0.838. The molecule has 0 amide bonds. The van der Waals surface area contributed by atoms with Gasteiger partial charge in [0.1, 0.15) is 5.75 Å². The number of hydrogen-bond acceptors (Lipinski definition) is 2. The number of hydrogen-bond donors (Lipinski definition) is 1. The molecule has 21 heavy (non-hydrogen) atoms. The summed E-state index contributed by atoms with van der Waals surface area (Å²) in [5.74, 6) is 1.20. The number of nitrogens with two attached hydrogens (primary N) is 1. The lowest BCUT2D eigenvalue weighted by atomic mass is 9.90. The second-order valence-corrected chi connectivity index (χ2v) is 6.06. The van der Waals surface area contributed by atoms with Crippen molar-refractivity contribution in [1.82, 2.24) is 0 Å². The molecular formula is C18H22BrNO. The molecule has 0 aliphatic carbocycles. The van der Waals surface area contributed by atoms with Crippen molar-refractivity contribution in [3.8, 4) is 5.75 Å². The highest BCUT2D eigenvalue weighted by Gasteiger charge is 2.17. The summed E-state index contributed by atoms with van der Waals surface area (Å²) in [6, 6.07) is 14.6. The van der Waals surface area contributed by atoms with E-state index in [2.05, 4.69) is 59.3 Å². The van der Waals surface area contributed by atoms with E-state index in [1.165, 1.54) is 16.7 Å². The fourth-order valence-electron chi connectivity index (χ4n) is 2.52. The molecule has 0 aliphatic rings. The maximum absolute atomic E-state index is 6.05. The lowest BCUT2D eigenvalue weighted by Crippen LogP contribution is -2.16. The van der Waals surface area contributed by atoms with Crippen LogP contribution in [0.15, 0.2) is 46.9 Å². The van der Waals surface area contributed by atoms with Crippen molar-refractivity contribution in [3.05, 3.63) is 63.6 Å². The van der Waals surface area contributed by atoms with Crippen molar-refractivity contribution in [3.63, 3.8) is 0 Å². The summed E-state index contributed by atoms with van der Waals surface area (Å²) in [4.78, 5) is 0. The third kappa shape index (κ3) is 4.08. The van der Waals surface area contributed by atoms with E-state index in [0.29, 0.717) is 13.2 Å². The molecule has 0 aliphatic heterocycles. The molecule has 0 spiro atoms. The minimum absolute atomic E-state index is 0.255. The maximum atomic E-state index is 6.05. The molecule has 0 bridgehead atoms. The first kappa shape index (κ1) is 16.1. The van der Waals surface area contributed by atoms with E-state index in [9.17, 15) is 0 Å². The first-order valence-electron chi connectivity index (χ1n) is 7.32. The average molecular weight is 348 g/mol. The van der Waals surface area contributed by atoms with Gasteiger partial charge in [0.2, 0.25) is 0 Å². The molecule has 1 atom stereocenters. The molecule has 0 saturated heterocycles. The van der Waals surface area contributed by atoms with Crippen molar-refractivity contribution < 1.29 is 4.74 Å². The van der Waals surface area contributed by atoms with Gasteiger partial charge in [-0.3, -0.25) is 0 Å². The molecule has 3 heteroatoms. The minimum Gasteiger partial charge on any atom is -0.494 e. The van der Waals surface area contributed by atoms with Gasteiger partial charge in [-0.2, -0.15) is 0 Å². The molecule has 2 nitrogen and oxygen atoms in total. The van der Waals surface area contributed by atoms with Gasteiger partial charge in [-0.05, 0) is 50.1 Å². The molecule has 2 aromatic rings. The predicted molar refractivity (Wildman–Crippen MR) is 92.0 cm³/mol. The van der Waals surface area contributed by atoms with Crippen LogP contribution in [0.5, 0.6) is 5.75 Å². The van der Waals surface area contributed by atoms with Crippen LogP contribution in [-0.4, -0.2) is 13.2 Å². The highest BCUT2D eigenvalue weighted by molar-refractivity contribution is 9.10. The largest absolute Gasteiger partial charge is 0.494 e. The molecule has 0 heterocycles. The van der Waals surface area contributed by atoms with Gasteiger partial charge >= 0.3 is 0 Å². The second-order valence-electron chi connectivity index (χ2n) is 5.20. The van der Waals surface area contributed by atoms with Crippen LogP contribution in [0.4, 0.5) is 0 Å². The van der Waals surface area contributed by atoms with Crippen LogP contribution in [0.3, 0.4) is 0 Å². The standard InChI is InChI=1S/C18H22BrNO/c1-3-21-18-9-8-13(2)10-16(18)15(12-20)11-14-6-4-5-7-17(14)19/h4-10,15H,3,11-12,20H2,1-2H3. The summed E-state index contributed by atoms with van der Waals surface area (Å²) >= 11 is 3.62. The van der Waals surface area contributed by atoms with Crippen LogP contribution in [0.25, 0.3) is 0 Å². The van der Waals surface area contributed by atoms with Gasteiger partial charge in [-0.25, -0.2) is 0 Å². The molecular weight excluding hydrogens is 326 g/mol. The molecule has 2 N–H and O–H groups in total. The Kier molecular flexibility index (Phi) is 5.83. The number of rotatable bonds is 6. The Morgan fingerprint density at radius 3 is 2.62 bits per heavy atom. The molecule has 0 radical (unpaired) electrons. The molecule has 2 aromatic carbocycles. The van der Waals surface area contributed by atoms with E-state index in [0.717, 1.165) is 16.6 Å². The highest BCUT2D eigenvalue weighted by Crippen LogP contribution is 2.31. The van der Waals surface area contributed by atoms with Crippen molar-refractivity contribution in [2.75, 3.05) is 13.2 Å². The third-order valence-corrected chi connectivity index (χ3v) is 4.39. The van der Waals surface area contributed by atoms with E-state index < -0.39 is 0 Å². The van der Waals surface area contributed by atoms with Crippen LogP contribution in [-0.2, 0) is 6.42 Å². The van der Waals surface area contributed by atoms with Crippen molar-refractivity contribution >= 4 is 15.9 Å². The van der Waals surface area contributed by atoms with Crippen LogP contribution in [0.2, 0.25) is 0 Å². The van der Waals surface area contributed by atoms with Crippen LogP contribution in [0.1, 0.15) is 29.5 Å². The monoisotopic (exact) mass is 347 g/mol. The van der Waals surface area contributed by atoms with Crippen LogP contribution >= 0.6 is 15.9 Å². The van der Waals surface area contributed by atoms with Crippen LogP contribution < -0.4 is 10.5 Å². The number of halogens is 1. The summed E-state index contributed by atoms with van der Waals surface area (Å²) < 4.78 is 6.91. The first-order chi connectivity index (χ1) is 10.2. The second kappa shape index (κ2) is 7.62. The first-order valence-corrected chi connectivity index (χ1v) is 8.11. The predicted octanol–water partition coefficient (Wildman–Crippen LogP) is 4.44. The van der Waals surface area contributed by atoms with E-state index in [1.807, 2.05) is 13.0 Å². The van der Waals surface area contributed by atoms with E-state index >= 15 is 0 Å². The third-order valence-electron chi connectivity index (χ3n) is 3.61. The van der Waals surface area contributed by atoms with Gasteiger partial charge in [-0.1, -0.05) is 51.8 Å². The highest BCUT2D eigenvalue weighted by atomic mass is 79.9. The Labute approximate surface area is 135 Å². The van der Waals surface area contributed by atoms with Crippen LogP contribution in [0, 0.1) is 6.92 Å². The maximum Gasteiger partial charge on any atom is 0.122 e. The van der Waals surface area contributed by atoms with E-state index in [4.69, 9.17) is 10.5 Å². The summed E-state index contributed by atoms with van der Waals surface area (Å²) in [7, 11) is 0. The summed E-state index contributed by atoms with van der Waals surface area (Å²) in [6.07, 6.45) is 0.904. The lowest BCUT2D eigenvalue weighted by molar-refractivity contribution is 0.334. The summed E-state index contributed by atoms with van der Waals surface area (Å²) in [5, 5.41) is 0. The topological polar surface area (TPSA) is 35.2 Å². The zero-order valence-electron chi connectivity index (χ0n) is 12.6. The SMILES string of the molecule is CCOc1ccc(C)cc1C(CN)Cc1ccccc1Br. The lowest BCUT2D eigenvalue weighted by Gasteiger charge is -2.20. The number of ether oxygens (including phenoxy) is 1. The van der Waals surface area contributed by atoms with Crippen molar-refractivity contribution in [2.24, 2.45) is 5.73 Å². The zero-order chi connectivity index (χ0) is 15.2. The number of benzene rings is 2. The van der Waals surface area contributed by atoms with Gasteiger partial charge in [-0.15, -0.1) is 0 Å². The molecule has 112 valence electrons. The summed E-state index contributed by atoms with van der Waals surface area (Å²) in [5.41, 5.74) is 9.76. The number of aryl methyl sites for hydroxylation is 1. The Morgan fingerprint density at radius 1 is 1.19 bits per heavy atom. The minimum atomic E-state index is 0.255.